The van der Waals surface area contributed by atoms with Crippen LogP contribution in [0.2, 0.25) is 10.0 Å². The molecule has 0 atom stereocenters. The molecule has 1 aliphatic rings. The van der Waals surface area contributed by atoms with Gasteiger partial charge in [-0.15, -0.1) is 0 Å². The number of hydrogen-bond donors (Lipinski definition) is 0. The number of rotatable bonds is 2. The number of ether oxygens (including phenoxy) is 2. The Morgan fingerprint density at radius 2 is 2.12 bits per heavy atom. The Morgan fingerprint density at radius 1 is 1.38 bits per heavy atom. The molecule has 16 heavy (non-hydrogen) atoms. The highest BCUT2D eigenvalue weighted by molar-refractivity contribution is 6.37. The largest absolute Gasteiger partial charge is 0.497 e. The van der Waals surface area contributed by atoms with Crippen LogP contribution in [0.15, 0.2) is 24.0 Å². The van der Waals surface area contributed by atoms with Crippen LogP contribution in [0.3, 0.4) is 0 Å². The topological polar surface area (TPSA) is 35.5 Å². The highest BCUT2D eigenvalue weighted by Gasteiger charge is 2.28. The molecular weight excluding hydrogens is 251 g/mol. The first-order valence-corrected chi connectivity index (χ1v) is 5.28. The molecule has 1 aromatic rings. The summed E-state index contributed by atoms with van der Waals surface area (Å²) in [5.74, 6) is 0.0512. The van der Waals surface area contributed by atoms with Crippen molar-refractivity contribution in [2.24, 2.45) is 0 Å². The van der Waals surface area contributed by atoms with Crippen LogP contribution >= 0.6 is 23.2 Å². The zero-order valence-electron chi connectivity index (χ0n) is 8.42. The molecular formula is C11H8Cl2O3. The van der Waals surface area contributed by atoms with Crippen molar-refractivity contribution in [2.75, 3.05) is 13.7 Å². The minimum absolute atomic E-state index is 0.142. The van der Waals surface area contributed by atoms with Crippen molar-refractivity contribution in [1.82, 2.24) is 0 Å². The molecule has 0 saturated heterocycles. The molecule has 3 nitrogen and oxygen atoms in total. The monoisotopic (exact) mass is 258 g/mol. The Kier molecular flexibility index (Phi) is 3.08. The van der Waals surface area contributed by atoms with E-state index in [2.05, 4.69) is 0 Å². The fraction of sp³-hybridized carbons (Fsp3) is 0.182. The van der Waals surface area contributed by atoms with Crippen molar-refractivity contribution < 1.29 is 14.3 Å². The molecule has 1 aromatic carbocycles. The van der Waals surface area contributed by atoms with E-state index in [0.29, 0.717) is 26.9 Å². The van der Waals surface area contributed by atoms with Gasteiger partial charge in [0.15, 0.2) is 0 Å². The van der Waals surface area contributed by atoms with Gasteiger partial charge in [0.1, 0.15) is 17.9 Å². The molecule has 0 N–H and O–H groups in total. The van der Waals surface area contributed by atoms with Gasteiger partial charge in [-0.3, -0.25) is 0 Å². The SMILES string of the molecule is COC1=C(c2ccc(Cl)cc2Cl)C(=O)OC1. The quantitative estimate of drug-likeness (QED) is 0.766. The Labute approximate surface area is 103 Å². The zero-order chi connectivity index (χ0) is 11.7. The van der Waals surface area contributed by atoms with E-state index in [1.165, 1.54) is 7.11 Å². The van der Waals surface area contributed by atoms with E-state index in [1.807, 2.05) is 0 Å². The minimum atomic E-state index is -0.430. The molecule has 0 amide bonds. The van der Waals surface area contributed by atoms with Gasteiger partial charge in [0.2, 0.25) is 0 Å². The first-order chi connectivity index (χ1) is 7.63. The fourth-order valence-corrected chi connectivity index (χ4v) is 2.01. The molecule has 0 aromatic heterocycles. The van der Waals surface area contributed by atoms with E-state index in [9.17, 15) is 4.79 Å². The average Bonchev–Trinajstić information content (AvgIpc) is 2.60. The Morgan fingerprint density at radius 3 is 2.75 bits per heavy atom. The second kappa shape index (κ2) is 4.36. The van der Waals surface area contributed by atoms with E-state index >= 15 is 0 Å². The third-order valence-electron chi connectivity index (χ3n) is 2.26. The van der Waals surface area contributed by atoms with Crippen molar-refractivity contribution in [3.63, 3.8) is 0 Å². The number of methoxy groups -OCH3 is 1. The first-order valence-electron chi connectivity index (χ1n) is 4.53. The van der Waals surface area contributed by atoms with Gasteiger partial charge >= 0.3 is 5.97 Å². The normalized spacial score (nSPS) is 15.3. The molecule has 5 heteroatoms. The lowest BCUT2D eigenvalue weighted by molar-refractivity contribution is -0.134. The van der Waals surface area contributed by atoms with Gasteiger partial charge in [-0.2, -0.15) is 0 Å². The van der Waals surface area contributed by atoms with E-state index in [0.717, 1.165) is 0 Å². The molecule has 0 saturated carbocycles. The summed E-state index contributed by atoms with van der Waals surface area (Å²) >= 11 is 11.8. The van der Waals surface area contributed by atoms with Gasteiger partial charge < -0.3 is 9.47 Å². The summed E-state index contributed by atoms with van der Waals surface area (Å²) in [5.41, 5.74) is 0.939. The fourth-order valence-electron chi connectivity index (χ4n) is 1.50. The van der Waals surface area contributed by atoms with Crippen molar-refractivity contribution in [3.8, 4) is 0 Å². The molecule has 1 heterocycles. The van der Waals surface area contributed by atoms with Gasteiger partial charge in [-0.25, -0.2) is 4.79 Å². The molecule has 0 aliphatic carbocycles. The number of benzene rings is 1. The van der Waals surface area contributed by atoms with Gasteiger partial charge in [0, 0.05) is 10.6 Å². The summed E-state index contributed by atoms with van der Waals surface area (Å²) in [6, 6.07) is 4.91. The van der Waals surface area contributed by atoms with Crippen LogP contribution in [0, 0.1) is 0 Å². The lowest BCUT2D eigenvalue weighted by atomic mass is 10.1. The van der Waals surface area contributed by atoms with Crippen molar-refractivity contribution in [1.29, 1.82) is 0 Å². The maximum Gasteiger partial charge on any atom is 0.342 e. The van der Waals surface area contributed by atoms with Gasteiger partial charge in [-0.05, 0) is 12.1 Å². The van der Waals surface area contributed by atoms with Gasteiger partial charge in [0.05, 0.1) is 12.1 Å². The average molecular weight is 259 g/mol. The highest BCUT2D eigenvalue weighted by Crippen LogP contribution is 2.32. The summed E-state index contributed by atoms with van der Waals surface area (Å²) in [6.07, 6.45) is 0. The van der Waals surface area contributed by atoms with Crippen LogP contribution in [0.5, 0.6) is 0 Å². The predicted molar refractivity (Wildman–Crippen MR) is 61.4 cm³/mol. The number of carbonyl (C=O) groups is 1. The third kappa shape index (κ3) is 1.88. The summed E-state index contributed by atoms with van der Waals surface area (Å²) in [7, 11) is 1.49. The highest BCUT2D eigenvalue weighted by atomic mass is 35.5. The van der Waals surface area contributed by atoms with E-state index in [1.54, 1.807) is 18.2 Å². The molecule has 1 aliphatic heterocycles. The predicted octanol–water partition coefficient (Wildman–Crippen LogP) is 2.91. The summed E-state index contributed by atoms with van der Waals surface area (Å²) in [6.45, 7) is 0.142. The molecule has 84 valence electrons. The Balaban J connectivity index is 2.54. The van der Waals surface area contributed by atoms with Crippen LogP contribution in [0.1, 0.15) is 5.56 Å². The van der Waals surface area contributed by atoms with E-state index in [-0.39, 0.29) is 6.61 Å². The Hall–Kier alpha value is -1.19. The van der Waals surface area contributed by atoms with Crippen LogP contribution in [0.25, 0.3) is 5.57 Å². The summed E-state index contributed by atoms with van der Waals surface area (Å²) in [5, 5.41) is 0.913. The Bertz CT molecular complexity index is 480. The maximum atomic E-state index is 11.5. The molecule has 0 fully saturated rings. The third-order valence-corrected chi connectivity index (χ3v) is 2.81. The molecule has 0 unspecified atom stereocenters. The van der Waals surface area contributed by atoms with Crippen molar-refractivity contribution >= 4 is 34.7 Å². The number of hydrogen-bond acceptors (Lipinski definition) is 3. The number of carbonyl (C=O) groups excluding carboxylic acids is 1. The van der Waals surface area contributed by atoms with Gasteiger partial charge in [-0.1, -0.05) is 29.3 Å². The van der Waals surface area contributed by atoms with Crippen molar-refractivity contribution in [3.05, 3.63) is 39.6 Å². The molecule has 0 bridgehead atoms. The molecule has 2 rings (SSSR count). The number of esters is 1. The number of halogens is 2. The number of cyclic esters (lactones) is 1. The summed E-state index contributed by atoms with van der Waals surface area (Å²) < 4.78 is 9.95. The van der Waals surface area contributed by atoms with E-state index in [4.69, 9.17) is 32.7 Å². The van der Waals surface area contributed by atoms with Crippen LogP contribution < -0.4 is 0 Å². The zero-order valence-corrected chi connectivity index (χ0v) is 9.93. The van der Waals surface area contributed by atoms with Crippen LogP contribution in [-0.4, -0.2) is 19.7 Å². The van der Waals surface area contributed by atoms with Crippen molar-refractivity contribution in [2.45, 2.75) is 0 Å². The standard InChI is InChI=1S/C11H8Cl2O3/c1-15-9-5-16-11(14)10(9)7-3-2-6(12)4-8(7)13/h2-4H,5H2,1H3. The molecule has 0 spiro atoms. The maximum absolute atomic E-state index is 11.5. The van der Waals surface area contributed by atoms with E-state index < -0.39 is 5.97 Å². The minimum Gasteiger partial charge on any atom is -0.497 e. The molecule has 0 radical (unpaired) electrons. The lowest BCUT2D eigenvalue weighted by Gasteiger charge is -2.05. The second-order valence-corrected chi connectivity index (χ2v) is 4.05. The summed E-state index contributed by atoms with van der Waals surface area (Å²) in [4.78, 5) is 11.5. The van der Waals surface area contributed by atoms with Gasteiger partial charge in [0.25, 0.3) is 0 Å². The van der Waals surface area contributed by atoms with Crippen LogP contribution in [0.4, 0.5) is 0 Å². The lowest BCUT2D eigenvalue weighted by Crippen LogP contribution is -1.99. The first kappa shape index (κ1) is 11.3. The smallest absolute Gasteiger partial charge is 0.342 e. The second-order valence-electron chi connectivity index (χ2n) is 3.20. The van der Waals surface area contributed by atoms with Crippen LogP contribution in [-0.2, 0) is 14.3 Å².